The van der Waals surface area contributed by atoms with E-state index in [9.17, 15) is 9.59 Å². The highest BCUT2D eigenvalue weighted by molar-refractivity contribution is 6.40. The second-order valence-electron chi connectivity index (χ2n) is 6.03. The van der Waals surface area contributed by atoms with Gasteiger partial charge in [-0.2, -0.15) is 10.2 Å². The van der Waals surface area contributed by atoms with Crippen molar-refractivity contribution in [2.75, 3.05) is 12.1 Å². The number of nitrogens with two attached hydrogens (primary N) is 1. The molecule has 0 aliphatic carbocycles. The highest BCUT2D eigenvalue weighted by Crippen LogP contribution is 2.24. The number of carbonyl (C=O) groups is 2. The molecule has 1 atom stereocenters. The molecule has 8 nitrogen and oxygen atoms in total. The quantitative estimate of drug-likeness (QED) is 0.857. The Morgan fingerprint density at radius 2 is 2.04 bits per heavy atom. The molecule has 2 amide bonds. The Morgan fingerprint density at radius 3 is 2.64 bits per heavy atom. The van der Waals surface area contributed by atoms with Gasteiger partial charge in [0.15, 0.2) is 0 Å². The number of para-hydroxylation sites is 1. The summed E-state index contributed by atoms with van der Waals surface area (Å²) in [5, 5.41) is 9.98. The van der Waals surface area contributed by atoms with Crippen molar-refractivity contribution < 1.29 is 9.59 Å². The zero-order valence-electron chi connectivity index (χ0n) is 14.2. The Kier molecular flexibility index (Phi) is 4.51. The summed E-state index contributed by atoms with van der Waals surface area (Å²) < 4.78 is 1.68. The summed E-state index contributed by atoms with van der Waals surface area (Å²) >= 11 is 0. The number of carbonyl (C=O) groups excluding carboxylic acids is 2. The van der Waals surface area contributed by atoms with Crippen molar-refractivity contribution in [3.8, 4) is 0 Å². The molecule has 130 valence electrons. The van der Waals surface area contributed by atoms with Crippen LogP contribution >= 0.6 is 0 Å². The maximum absolute atomic E-state index is 12.7. The highest BCUT2D eigenvalue weighted by atomic mass is 16.2. The summed E-state index contributed by atoms with van der Waals surface area (Å²) in [6.07, 6.45) is 3.76. The lowest BCUT2D eigenvalue weighted by Crippen LogP contribution is -2.40. The van der Waals surface area contributed by atoms with E-state index in [1.165, 1.54) is 5.01 Å². The first-order valence-corrected chi connectivity index (χ1v) is 7.90. The van der Waals surface area contributed by atoms with E-state index >= 15 is 0 Å². The average molecular weight is 340 g/mol. The first-order valence-electron chi connectivity index (χ1n) is 7.90. The van der Waals surface area contributed by atoms with Gasteiger partial charge >= 0.3 is 0 Å². The Hall–Kier alpha value is -3.16. The third kappa shape index (κ3) is 3.52. The van der Waals surface area contributed by atoms with Crippen LogP contribution in [0.25, 0.3) is 0 Å². The summed E-state index contributed by atoms with van der Waals surface area (Å²) in [5.41, 5.74) is 7.46. The zero-order chi connectivity index (χ0) is 18.0. The van der Waals surface area contributed by atoms with Crippen LogP contribution in [0.5, 0.6) is 0 Å². The lowest BCUT2D eigenvalue weighted by molar-refractivity contribution is -0.123. The minimum absolute atomic E-state index is 0.195. The van der Waals surface area contributed by atoms with Crippen LogP contribution in [0.3, 0.4) is 0 Å². The lowest BCUT2D eigenvalue weighted by atomic mass is 10.1. The summed E-state index contributed by atoms with van der Waals surface area (Å²) in [6.45, 7) is 0.415. The molecule has 0 saturated heterocycles. The van der Waals surface area contributed by atoms with E-state index in [2.05, 4.69) is 10.2 Å². The van der Waals surface area contributed by atoms with Gasteiger partial charge in [0.1, 0.15) is 11.8 Å². The zero-order valence-corrected chi connectivity index (χ0v) is 14.2. The molecule has 0 saturated carbocycles. The fourth-order valence-corrected chi connectivity index (χ4v) is 2.80. The molecule has 2 aromatic rings. The van der Waals surface area contributed by atoms with Gasteiger partial charge in [-0.15, -0.1) is 0 Å². The van der Waals surface area contributed by atoms with Gasteiger partial charge in [-0.1, -0.05) is 18.2 Å². The first kappa shape index (κ1) is 16.7. The van der Waals surface area contributed by atoms with Crippen LogP contribution < -0.4 is 10.7 Å². The van der Waals surface area contributed by atoms with Gasteiger partial charge in [0.05, 0.1) is 11.9 Å². The number of anilines is 1. The second kappa shape index (κ2) is 6.76. The molecule has 0 fully saturated rings. The van der Waals surface area contributed by atoms with Crippen LogP contribution in [0, 0.1) is 0 Å². The predicted octanol–water partition coefficient (Wildman–Crippen LogP) is 0.499. The van der Waals surface area contributed by atoms with E-state index in [1.54, 1.807) is 22.8 Å². The van der Waals surface area contributed by atoms with Crippen molar-refractivity contribution in [3.63, 3.8) is 0 Å². The number of hydrazone groups is 1. The van der Waals surface area contributed by atoms with Gasteiger partial charge in [-0.05, 0) is 12.1 Å². The number of primary amides is 1. The summed E-state index contributed by atoms with van der Waals surface area (Å²) in [7, 11) is 3.52. The molecule has 3 rings (SSSR count). The molecule has 1 aliphatic heterocycles. The summed E-state index contributed by atoms with van der Waals surface area (Å²) in [6, 6.07) is 8.55. The number of rotatable bonds is 5. The molecule has 8 heteroatoms. The van der Waals surface area contributed by atoms with Crippen molar-refractivity contribution in [1.29, 1.82) is 0 Å². The number of aryl methyl sites for hydroxylation is 1. The largest absolute Gasteiger partial charge is 0.368 e. The van der Waals surface area contributed by atoms with Crippen molar-refractivity contribution in [2.24, 2.45) is 17.9 Å². The molecule has 1 aromatic carbocycles. The maximum atomic E-state index is 12.7. The molecule has 1 aromatic heterocycles. The Morgan fingerprint density at radius 1 is 1.32 bits per heavy atom. The number of hydrogen-bond donors (Lipinski definition) is 1. The Labute approximate surface area is 145 Å². The van der Waals surface area contributed by atoms with Gasteiger partial charge in [-0.3, -0.25) is 19.3 Å². The van der Waals surface area contributed by atoms with E-state index in [4.69, 9.17) is 5.73 Å². The normalized spacial score (nSPS) is 16.6. The minimum Gasteiger partial charge on any atom is -0.368 e. The molecule has 1 aliphatic rings. The molecular weight excluding hydrogens is 320 g/mol. The van der Waals surface area contributed by atoms with Crippen LogP contribution in [0.2, 0.25) is 0 Å². The smallest absolute Gasteiger partial charge is 0.270 e. The maximum Gasteiger partial charge on any atom is 0.270 e. The molecule has 0 unspecified atom stereocenters. The SMILES string of the molecule is CN(Cc1cnn(C)c1)C(=O)C1=NN(c2ccccc2)[C@H](C(N)=O)C1. The summed E-state index contributed by atoms with van der Waals surface area (Å²) in [4.78, 5) is 26.0. The van der Waals surface area contributed by atoms with E-state index in [0.717, 1.165) is 11.3 Å². The van der Waals surface area contributed by atoms with Crippen LogP contribution in [0.4, 0.5) is 5.69 Å². The highest BCUT2D eigenvalue weighted by Gasteiger charge is 2.35. The van der Waals surface area contributed by atoms with Crippen molar-refractivity contribution >= 4 is 23.2 Å². The molecule has 2 heterocycles. The van der Waals surface area contributed by atoms with Gasteiger partial charge in [0.25, 0.3) is 5.91 Å². The van der Waals surface area contributed by atoms with Crippen molar-refractivity contribution in [3.05, 3.63) is 48.3 Å². The van der Waals surface area contributed by atoms with Crippen LogP contribution in [-0.2, 0) is 23.2 Å². The molecule has 0 bridgehead atoms. The van der Waals surface area contributed by atoms with Gasteiger partial charge < -0.3 is 10.6 Å². The Bertz CT molecular complexity index is 814. The fourth-order valence-electron chi connectivity index (χ4n) is 2.80. The standard InChI is InChI=1S/C17H20N6O2/c1-21(10-12-9-19-22(2)11-12)17(25)14-8-15(16(18)24)23(20-14)13-6-4-3-5-7-13/h3-7,9,11,15H,8,10H2,1-2H3,(H2,18,24)/t15-/m0/s1. The molecule has 0 spiro atoms. The molecule has 2 N–H and O–H groups in total. The van der Waals surface area contributed by atoms with Crippen LogP contribution in [0.1, 0.15) is 12.0 Å². The third-order valence-corrected chi connectivity index (χ3v) is 4.03. The fraction of sp³-hybridized carbons (Fsp3) is 0.294. The van der Waals surface area contributed by atoms with E-state index in [-0.39, 0.29) is 12.3 Å². The van der Waals surface area contributed by atoms with Gasteiger partial charge in [0, 0.05) is 38.8 Å². The number of hydrogen-bond acceptors (Lipinski definition) is 5. The van der Waals surface area contributed by atoms with Gasteiger partial charge in [0.2, 0.25) is 5.91 Å². The predicted molar refractivity (Wildman–Crippen MR) is 93.6 cm³/mol. The van der Waals surface area contributed by atoms with Crippen molar-refractivity contribution in [1.82, 2.24) is 14.7 Å². The molecule has 0 radical (unpaired) electrons. The third-order valence-electron chi connectivity index (χ3n) is 4.03. The average Bonchev–Trinajstić information content (AvgIpc) is 3.21. The number of benzene rings is 1. The van der Waals surface area contributed by atoms with Crippen LogP contribution in [-0.4, -0.2) is 45.3 Å². The number of aromatic nitrogens is 2. The topological polar surface area (TPSA) is 96.8 Å². The summed E-state index contributed by atoms with van der Waals surface area (Å²) in [5.74, 6) is -0.737. The first-order chi connectivity index (χ1) is 12.0. The second-order valence-corrected chi connectivity index (χ2v) is 6.03. The molecule has 25 heavy (non-hydrogen) atoms. The lowest BCUT2D eigenvalue weighted by Gasteiger charge is -2.20. The number of nitrogens with zero attached hydrogens (tertiary/aromatic N) is 5. The van der Waals surface area contributed by atoms with E-state index < -0.39 is 11.9 Å². The number of amides is 2. The minimum atomic E-state index is -0.659. The monoisotopic (exact) mass is 340 g/mol. The van der Waals surface area contributed by atoms with E-state index in [0.29, 0.717) is 12.3 Å². The Balaban J connectivity index is 1.78. The van der Waals surface area contributed by atoms with Gasteiger partial charge in [-0.25, -0.2) is 0 Å². The molecular formula is C17H20N6O2. The van der Waals surface area contributed by atoms with Crippen LogP contribution in [0.15, 0.2) is 47.8 Å². The van der Waals surface area contributed by atoms with E-state index in [1.807, 2.05) is 43.6 Å². The van der Waals surface area contributed by atoms with Crippen molar-refractivity contribution in [2.45, 2.75) is 19.0 Å².